The second-order valence-corrected chi connectivity index (χ2v) is 5.31. The summed E-state index contributed by atoms with van der Waals surface area (Å²) in [5.74, 6) is 1.20. The van der Waals surface area contributed by atoms with E-state index in [0.29, 0.717) is 12.3 Å². The van der Waals surface area contributed by atoms with E-state index in [1.807, 2.05) is 0 Å². The Morgan fingerprint density at radius 1 is 1.35 bits per heavy atom. The van der Waals surface area contributed by atoms with E-state index in [1.54, 1.807) is 38.3 Å². The van der Waals surface area contributed by atoms with Gasteiger partial charge in [0, 0.05) is 12.0 Å². The first-order valence-electron chi connectivity index (χ1n) is 6.78. The third-order valence-electron chi connectivity index (χ3n) is 3.67. The lowest BCUT2D eigenvalue weighted by Crippen LogP contribution is -2.40. The number of benzene rings is 1. The molecule has 1 aliphatic carbocycles. The van der Waals surface area contributed by atoms with E-state index >= 15 is 0 Å². The molecule has 1 aromatic carbocycles. The lowest BCUT2D eigenvalue weighted by atomic mass is 10.1. The Bertz CT molecular complexity index is 453. The second-order valence-electron chi connectivity index (χ2n) is 5.31. The number of nitrogens with one attached hydrogen (secondary N) is 1. The minimum atomic E-state index is -0.571. The fourth-order valence-electron chi connectivity index (χ4n) is 1.90. The average molecular weight is 279 g/mol. The molecule has 1 atom stereocenters. The molecule has 1 saturated carbocycles. The molecule has 5 nitrogen and oxygen atoms in total. The molecule has 1 aliphatic rings. The van der Waals surface area contributed by atoms with Gasteiger partial charge in [-0.15, -0.1) is 0 Å². The van der Waals surface area contributed by atoms with E-state index in [9.17, 15) is 9.90 Å². The van der Waals surface area contributed by atoms with Crippen molar-refractivity contribution in [2.75, 3.05) is 20.3 Å². The third kappa shape index (κ3) is 3.63. The molecule has 1 amide bonds. The summed E-state index contributed by atoms with van der Waals surface area (Å²) in [6.07, 6.45) is 1.37. The molecule has 2 N–H and O–H groups in total. The van der Waals surface area contributed by atoms with Gasteiger partial charge in [-0.3, -0.25) is 4.79 Å². The summed E-state index contributed by atoms with van der Waals surface area (Å²) in [5, 5.41) is 12.0. The van der Waals surface area contributed by atoms with Crippen LogP contribution in [-0.4, -0.2) is 37.4 Å². The summed E-state index contributed by atoms with van der Waals surface area (Å²) in [6.45, 7) is 2.34. The minimum absolute atomic E-state index is 0.0878. The van der Waals surface area contributed by atoms with Gasteiger partial charge in [0.05, 0.1) is 13.7 Å². The molecule has 0 radical (unpaired) electrons. The quantitative estimate of drug-likeness (QED) is 0.790. The number of carbonyl (C=O) groups excluding carboxylic acids is 1. The molecule has 0 saturated heterocycles. The zero-order valence-electron chi connectivity index (χ0n) is 11.9. The van der Waals surface area contributed by atoms with Crippen LogP contribution in [0.15, 0.2) is 24.3 Å². The van der Waals surface area contributed by atoms with E-state index in [2.05, 4.69) is 5.32 Å². The first-order chi connectivity index (χ1) is 9.58. The monoisotopic (exact) mass is 279 g/mol. The summed E-state index contributed by atoms with van der Waals surface area (Å²) in [5.41, 5.74) is -0.0878. The lowest BCUT2D eigenvalue weighted by molar-refractivity contribution is -0.127. The van der Waals surface area contributed by atoms with Gasteiger partial charge in [0.25, 0.3) is 5.91 Å². The highest BCUT2D eigenvalue weighted by atomic mass is 16.5. The van der Waals surface area contributed by atoms with Crippen LogP contribution in [0.3, 0.4) is 0 Å². The molecule has 2 rings (SSSR count). The number of rotatable bonds is 7. The van der Waals surface area contributed by atoms with Crippen molar-refractivity contribution in [3.05, 3.63) is 24.3 Å². The van der Waals surface area contributed by atoms with Crippen LogP contribution in [0.4, 0.5) is 0 Å². The first-order valence-corrected chi connectivity index (χ1v) is 6.78. The number of carbonyl (C=O) groups is 1. The summed E-state index contributed by atoms with van der Waals surface area (Å²) in [4.78, 5) is 11.9. The molecule has 0 spiro atoms. The van der Waals surface area contributed by atoms with E-state index in [0.717, 1.165) is 18.6 Å². The number of ether oxygens (including phenoxy) is 2. The highest BCUT2D eigenvalue weighted by Crippen LogP contribution is 2.44. The van der Waals surface area contributed by atoms with E-state index < -0.39 is 6.10 Å². The van der Waals surface area contributed by atoms with Gasteiger partial charge in [0.2, 0.25) is 0 Å². The van der Waals surface area contributed by atoms with Crippen LogP contribution < -0.4 is 14.8 Å². The highest BCUT2D eigenvalue weighted by Gasteiger charge is 2.42. The summed E-state index contributed by atoms with van der Waals surface area (Å²) < 4.78 is 10.6. The molecule has 0 bridgehead atoms. The van der Waals surface area contributed by atoms with Crippen molar-refractivity contribution in [2.24, 2.45) is 5.41 Å². The predicted molar refractivity (Wildman–Crippen MR) is 74.8 cm³/mol. The van der Waals surface area contributed by atoms with Crippen molar-refractivity contribution < 1.29 is 19.4 Å². The lowest BCUT2D eigenvalue weighted by Gasteiger charge is -2.17. The molecule has 0 heterocycles. The van der Waals surface area contributed by atoms with Gasteiger partial charge in [-0.1, -0.05) is 0 Å². The van der Waals surface area contributed by atoms with Crippen LogP contribution in [0.25, 0.3) is 0 Å². The predicted octanol–water partition coefficient (Wildman–Crippen LogP) is 1.35. The minimum Gasteiger partial charge on any atom is -0.497 e. The Morgan fingerprint density at radius 3 is 2.45 bits per heavy atom. The zero-order valence-corrected chi connectivity index (χ0v) is 11.9. The number of amides is 1. The van der Waals surface area contributed by atoms with E-state index in [4.69, 9.17) is 9.47 Å². The van der Waals surface area contributed by atoms with Crippen LogP contribution in [0.2, 0.25) is 0 Å². The smallest absolute Gasteiger partial charge is 0.260 e. The van der Waals surface area contributed by atoms with Crippen LogP contribution in [0, 0.1) is 5.41 Å². The Hall–Kier alpha value is -1.75. The van der Waals surface area contributed by atoms with Crippen molar-refractivity contribution in [3.8, 4) is 11.5 Å². The molecule has 1 unspecified atom stereocenters. The maximum Gasteiger partial charge on any atom is 0.260 e. The van der Waals surface area contributed by atoms with Crippen LogP contribution in [-0.2, 0) is 4.79 Å². The van der Waals surface area contributed by atoms with Crippen molar-refractivity contribution in [1.82, 2.24) is 5.32 Å². The highest BCUT2D eigenvalue weighted by molar-refractivity contribution is 5.80. The number of methoxy groups -OCH3 is 1. The fraction of sp³-hybridized carbons (Fsp3) is 0.533. The van der Waals surface area contributed by atoms with Gasteiger partial charge in [0.1, 0.15) is 11.5 Å². The number of hydrogen-bond donors (Lipinski definition) is 2. The Morgan fingerprint density at radius 2 is 1.95 bits per heavy atom. The molecular weight excluding hydrogens is 258 g/mol. The SMILES string of the molecule is COc1ccc(OC(C)C(=O)NCC2(CO)CC2)cc1. The summed E-state index contributed by atoms with van der Waals surface area (Å²) in [7, 11) is 1.60. The van der Waals surface area contributed by atoms with Crippen LogP contribution in [0.5, 0.6) is 11.5 Å². The van der Waals surface area contributed by atoms with E-state index in [1.165, 1.54) is 0 Å². The van der Waals surface area contributed by atoms with Crippen molar-refractivity contribution in [3.63, 3.8) is 0 Å². The van der Waals surface area contributed by atoms with Gasteiger partial charge in [-0.2, -0.15) is 0 Å². The first kappa shape index (κ1) is 14.7. The molecule has 0 aromatic heterocycles. The standard InChI is InChI=1S/C15H21NO4/c1-11(14(18)16-9-15(10-17)7-8-15)20-13-5-3-12(19-2)4-6-13/h3-6,11,17H,7-10H2,1-2H3,(H,16,18). The third-order valence-corrected chi connectivity index (χ3v) is 3.67. The van der Waals surface area contributed by atoms with Gasteiger partial charge >= 0.3 is 0 Å². The van der Waals surface area contributed by atoms with Crippen LogP contribution >= 0.6 is 0 Å². The van der Waals surface area contributed by atoms with Crippen molar-refractivity contribution >= 4 is 5.91 Å². The number of hydrogen-bond acceptors (Lipinski definition) is 4. The van der Waals surface area contributed by atoms with Gasteiger partial charge in [0.15, 0.2) is 6.10 Å². The average Bonchev–Trinajstić information content (AvgIpc) is 3.26. The largest absolute Gasteiger partial charge is 0.497 e. The van der Waals surface area contributed by atoms with Crippen LogP contribution in [0.1, 0.15) is 19.8 Å². The normalized spacial score (nSPS) is 17.1. The molecule has 110 valence electrons. The van der Waals surface area contributed by atoms with E-state index in [-0.39, 0.29) is 17.9 Å². The summed E-state index contributed by atoms with van der Waals surface area (Å²) in [6, 6.07) is 7.09. The van der Waals surface area contributed by atoms with Gasteiger partial charge < -0.3 is 19.9 Å². The van der Waals surface area contributed by atoms with Crippen molar-refractivity contribution in [2.45, 2.75) is 25.9 Å². The Kier molecular flexibility index (Phi) is 4.49. The molecule has 20 heavy (non-hydrogen) atoms. The number of aliphatic hydroxyl groups is 1. The molecule has 1 fully saturated rings. The molecule has 5 heteroatoms. The van der Waals surface area contributed by atoms with Gasteiger partial charge in [-0.05, 0) is 44.0 Å². The maximum atomic E-state index is 11.9. The molecular formula is C15H21NO4. The maximum absolute atomic E-state index is 11.9. The second kappa shape index (κ2) is 6.13. The van der Waals surface area contributed by atoms with Gasteiger partial charge in [-0.25, -0.2) is 0 Å². The Labute approximate surface area is 118 Å². The zero-order chi connectivity index (χ0) is 14.6. The summed E-state index contributed by atoms with van der Waals surface area (Å²) >= 11 is 0. The fourth-order valence-corrected chi connectivity index (χ4v) is 1.90. The number of aliphatic hydroxyl groups excluding tert-OH is 1. The van der Waals surface area contributed by atoms with Crippen molar-refractivity contribution in [1.29, 1.82) is 0 Å². The molecule has 0 aliphatic heterocycles. The molecule has 1 aromatic rings. The Balaban J connectivity index is 1.80. The topological polar surface area (TPSA) is 67.8 Å².